The second-order valence-corrected chi connectivity index (χ2v) is 8.42. The first-order chi connectivity index (χ1) is 16.2. The van der Waals surface area contributed by atoms with Crippen molar-refractivity contribution in [3.05, 3.63) is 113 Å². The molecule has 33 heavy (non-hydrogen) atoms. The molecule has 1 aliphatic heterocycles. The van der Waals surface area contributed by atoms with E-state index in [0.717, 1.165) is 27.8 Å². The lowest BCUT2D eigenvalue weighted by Gasteiger charge is -2.19. The van der Waals surface area contributed by atoms with Crippen LogP contribution in [0.4, 0.5) is 0 Å². The fourth-order valence-corrected chi connectivity index (χ4v) is 4.50. The van der Waals surface area contributed by atoms with Crippen LogP contribution in [-0.4, -0.2) is 28.5 Å². The monoisotopic (exact) mass is 455 g/mol. The van der Waals surface area contributed by atoms with Crippen molar-refractivity contribution in [1.82, 2.24) is 15.3 Å². The van der Waals surface area contributed by atoms with Crippen molar-refractivity contribution in [2.45, 2.75) is 18.4 Å². The highest BCUT2D eigenvalue weighted by Gasteiger charge is 2.28. The van der Waals surface area contributed by atoms with Crippen molar-refractivity contribution in [2.24, 2.45) is 0 Å². The summed E-state index contributed by atoms with van der Waals surface area (Å²) in [6, 6.07) is 23.5. The Morgan fingerprint density at radius 1 is 0.970 bits per heavy atom. The third-order valence-corrected chi connectivity index (χ3v) is 6.06. The number of fused-ring (bicyclic) bond motifs is 1. The molecule has 1 aromatic heterocycles. The number of halogens is 1. The van der Waals surface area contributed by atoms with Crippen LogP contribution < -0.4 is 10.1 Å². The Kier molecular flexibility index (Phi) is 6.05. The summed E-state index contributed by atoms with van der Waals surface area (Å²) in [5.74, 6) is 0.240. The number of aromatic nitrogens is 2. The first kappa shape index (κ1) is 21.2. The maximum atomic E-state index is 13.3. The molecule has 0 spiro atoms. The SMILES string of the molecule is O=C(NC[C@H]1Cc2cc(-c3cncnc3)cc(Cl)c2O1)C(c1ccccc1)c1ccccc1. The number of hydrogen-bond acceptors (Lipinski definition) is 4. The van der Waals surface area contributed by atoms with Crippen LogP contribution >= 0.6 is 11.6 Å². The number of amides is 1. The van der Waals surface area contributed by atoms with Crippen molar-refractivity contribution in [1.29, 1.82) is 0 Å². The van der Waals surface area contributed by atoms with Crippen molar-refractivity contribution in [3.63, 3.8) is 0 Å². The van der Waals surface area contributed by atoms with Crippen molar-refractivity contribution in [2.75, 3.05) is 6.54 Å². The molecule has 4 aromatic rings. The molecule has 0 saturated heterocycles. The van der Waals surface area contributed by atoms with Gasteiger partial charge in [0.25, 0.3) is 0 Å². The largest absolute Gasteiger partial charge is 0.486 e. The summed E-state index contributed by atoms with van der Waals surface area (Å²) >= 11 is 6.51. The van der Waals surface area contributed by atoms with Gasteiger partial charge in [-0.15, -0.1) is 0 Å². The summed E-state index contributed by atoms with van der Waals surface area (Å²) in [7, 11) is 0. The first-order valence-corrected chi connectivity index (χ1v) is 11.2. The molecule has 164 valence electrons. The third-order valence-electron chi connectivity index (χ3n) is 5.78. The minimum absolute atomic E-state index is 0.0554. The van der Waals surface area contributed by atoms with Gasteiger partial charge in [0.15, 0.2) is 0 Å². The van der Waals surface area contributed by atoms with E-state index in [1.165, 1.54) is 6.33 Å². The lowest BCUT2D eigenvalue weighted by molar-refractivity contribution is -0.122. The van der Waals surface area contributed by atoms with Gasteiger partial charge < -0.3 is 10.1 Å². The van der Waals surface area contributed by atoms with Gasteiger partial charge in [0, 0.05) is 29.9 Å². The summed E-state index contributed by atoms with van der Waals surface area (Å²) < 4.78 is 6.09. The van der Waals surface area contributed by atoms with Crippen LogP contribution in [0.2, 0.25) is 5.02 Å². The average Bonchev–Trinajstić information content (AvgIpc) is 3.29. The molecule has 1 atom stereocenters. The number of rotatable bonds is 6. The molecule has 1 amide bonds. The summed E-state index contributed by atoms with van der Waals surface area (Å²) in [5.41, 5.74) is 4.76. The topological polar surface area (TPSA) is 64.1 Å². The lowest BCUT2D eigenvalue weighted by Crippen LogP contribution is -2.37. The average molecular weight is 456 g/mol. The minimum atomic E-state index is -0.385. The van der Waals surface area contributed by atoms with Crippen LogP contribution in [0.15, 0.2) is 91.5 Å². The molecule has 0 unspecified atom stereocenters. The summed E-state index contributed by atoms with van der Waals surface area (Å²) in [6.07, 6.45) is 5.49. The van der Waals surface area contributed by atoms with Crippen molar-refractivity contribution >= 4 is 17.5 Å². The highest BCUT2D eigenvalue weighted by molar-refractivity contribution is 6.32. The molecular weight excluding hydrogens is 434 g/mol. The fraction of sp³-hybridized carbons (Fsp3) is 0.148. The Labute approximate surface area is 197 Å². The van der Waals surface area contributed by atoms with E-state index >= 15 is 0 Å². The van der Waals surface area contributed by atoms with Gasteiger partial charge in [-0.25, -0.2) is 9.97 Å². The zero-order valence-corrected chi connectivity index (χ0v) is 18.6. The number of benzene rings is 3. The molecule has 3 aromatic carbocycles. The minimum Gasteiger partial charge on any atom is -0.486 e. The van der Waals surface area contributed by atoms with Gasteiger partial charge in [-0.05, 0) is 28.8 Å². The van der Waals surface area contributed by atoms with Crippen LogP contribution in [0.25, 0.3) is 11.1 Å². The Morgan fingerprint density at radius 3 is 2.24 bits per heavy atom. The van der Waals surface area contributed by atoms with E-state index in [0.29, 0.717) is 23.7 Å². The molecule has 0 radical (unpaired) electrons. The Bertz CT molecular complexity index is 1210. The molecular formula is C27H22ClN3O2. The predicted octanol–water partition coefficient (Wildman–Crippen LogP) is 5.05. The Hall–Kier alpha value is -3.70. The zero-order chi connectivity index (χ0) is 22.6. The smallest absolute Gasteiger partial charge is 0.232 e. The number of nitrogens with one attached hydrogen (secondary N) is 1. The van der Waals surface area contributed by atoms with Crippen LogP contribution in [-0.2, 0) is 11.2 Å². The van der Waals surface area contributed by atoms with E-state index in [1.807, 2.05) is 66.7 Å². The van der Waals surface area contributed by atoms with E-state index in [1.54, 1.807) is 12.4 Å². The summed E-state index contributed by atoms with van der Waals surface area (Å²) in [4.78, 5) is 21.4. The normalized spacial score (nSPS) is 14.5. The van der Waals surface area contributed by atoms with E-state index in [2.05, 4.69) is 21.4 Å². The van der Waals surface area contributed by atoms with Gasteiger partial charge in [0.2, 0.25) is 5.91 Å². The third kappa shape index (κ3) is 4.59. The van der Waals surface area contributed by atoms with Gasteiger partial charge in [-0.1, -0.05) is 72.3 Å². The van der Waals surface area contributed by atoms with E-state index in [9.17, 15) is 4.79 Å². The van der Waals surface area contributed by atoms with Gasteiger partial charge in [-0.2, -0.15) is 0 Å². The number of carbonyl (C=O) groups excluding carboxylic acids is 1. The molecule has 5 rings (SSSR count). The number of nitrogens with zero attached hydrogens (tertiary/aromatic N) is 2. The van der Waals surface area contributed by atoms with E-state index in [4.69, 9.17) is 16.3 Å². The van der Waals surface area contributed by atoms with Crippen molar-refractivity contribution < 1.29 is 9.53 Å². The quantitative estimate of drug-likeness (QED) is 0.442. The first-order valence-electron chi connectivity index (χ1n) is 10.8. The summed E-state index contributed by atoms with van der Waals surface area (Å²) in [5, 5.41) is 3.64. The van der Waals surface area contributed by atoms with Crippen LogP contribution in [0.1, 0.15) is 22.6 Å². The number of ether oxygens (including phenoxy) is 1. The van der Waals surface area contributed by atoms with Crippen LogP contribution in [0.3, 0.4) is 0 Å². The van der Waals surface area contributed by atoms with Gasteiger partial charge >= 0.3 is 0 Å². The molecule has 0 saturated carbocycles. The van der Waals surface area contributed by atoms with Gasteiger partial charge in [0.05, 0.1) is 17.5 Å². The zero-order valence-electron chi connectivity index (χ0n) is 17.8. The van der Waals surface area contributed by atoms with Crippen LogP contribution in [0.5, 0.6) is 5.75 Å². The Balaban J connectivity index is 1.30. The molecule has 5 nitrogen and oxygen atoms in total. The van der Waals surface area contributed by atoms with E-state index in [-0.39, 0.29) is 17.9 Å². The highest BCUT2D eigenvalue weighted by atomic mass is 35.5. The summed E-state index contributed by atoms with van der Waals surface area (Å²) in [6.45, 7) is 0.393. The Morgan fingerprint density at radius 2 is 1.61 bits per heavy atom. The molecule has 0 aliphatic carbocycles. The second kappa shape index (κ2) is 9.43. The molecule has 6 heteroatoms. The maximum absolute atomic E-state index is 13.3. The molecule has 1 N–H and O–H groups in total. The lowest BCUT2D eigenvalue weighted by atomic mass is 9.90. The van der Waals surface area contributed by atoms with Gasteiger partial charge in [-0.3, -0.25) is 4.79 Å². The van der Waals surface area contributed by atoms with Crippen molar-refractivity contribution in [3.8, 4) is 16.9 Å². The standard InChI is InChI=1S/C27H22ClN3O2/c28-24-13-20(22-14-29-17-30-15-22)11-21-12-23(33-26(21)24)16-31-27(32)25(18-7-3-1-4-8-18)19-9-5-2-6-10-19/h1-11,13-15,17,23,25H,12,16H2,(H,31,32)/t23-/m1/s1. The number of carbonyl (C=O) groups is 1. The molecule has 2 heterocycles. The molecule has 0 fully saturated rings. The van der Waals surface area contributed by atoms with E-state index < -0.39 is 0 Å². The highest BCUT2D eigenvalue weighted by Crippen LogP contribution is 2.39. The van der Waals surface area contributed by atoms with Gasteiger partial charge in [0.1, 0.15) is 18.2 Å². The fourth-order valence-electron chi connectivity index (χ4n) is 4.22. The predicted molar refractivity (Wildman–Crippen MR) is 128 cm³/mol. The van der Waals surface area contributed by atoms with Crippen LogP contribution in [0, 0.1) is 0 Å². The molecule has 0 bridgehead atoms. The number of hydrogen-bond donors (Lipinski definition) is 1. The maximum Gasteiger partial charge on any atom is 0.232 e. The second-order valence-electron chi connectivity index (χ2n) is 8.02. The molecule has 1 aliphatic rings.